The molecular formula is C17H29N3O3. The molecule has 2 N–H and O–H groups in total. The van der Waals surface area contributed by atoms with E-state index in [1.165, 1.54) is 0 Å². The van der Waals surface area contributed by atoms with Crippen LogP contribution in [0.1, 0.15) is 20.3 Å². The van der Waals surface area contributed by atoms with Crippen LogP contribution in [0, 0.1) is 0 Å². The smallest absolute Gasteiger partial charge is 0.191 e. The molecule has 0 heterocycles. The van der Waals surface area contributed by atoms with Crippen molar-refractivity contribution in [1.82, 2.24) is 10.6 Å². The molecule has 1 aromatic rings. The number of nitrogens with one attached hydrogen (secondary N) is 2. The van der Waals surface area contributed by atoms with E-state index in [0.29, 0.717) is 19.8 Å². The Labute approximate surface area is 139 Å². The number of hydrogen-bond acceptors (Lipinski definition) is 4. The van der Waals surface area contributed by atoms with Gasteiger partial charge in [-0.15, -0.1) is 0 Å². The number of guanidine groups is 1. The Hall–Kier alpha value is -1.95. The van der Waals surface area contributed by atoms with Gasteiger partial charge in [0.1, 0.15) is 11.5 Å². The summed E-state index contributed by atoms with van der Waals surface area (Å²) in [6.45, 7) is 8.38. The Bertz CT molecular complexity index is 435. The van der Waals surface area contributed by atoms with Crippen LogP contribution in [0.2, 0.25) is 0 Å². The number of ether oxygens (including phenoxy) is 3. The maximum absolute atomic E-state index is 5.67. The highest BCUT2D eigenvalue weighted by molar-refractivity contribution is 5.79. The first kappa shape index (κ1) is 19.1. The summed E-state index contributed by atoms with van der Waals surface area (Å²) in [7, 11) is 1.65. The predicted octanol–water partition coefficient (Wildman–Crippen LogP) is 2.06. The first-order chi connectivity index (χ1) is 11.3. The standard InChI is InChI=1S/C17H29N3O3/c1-4-18-17(20-12-14-22-5-2)19-11-6-13-23-16-9-7-15(21-3)8-10-16/h7-10H,4-6,11-14H2,1-3H3,(H2,18,19,20). The number of aliphatic imine (C=N–C) groups is 1. The summed E-state index contributed by atoms with van der Waals surface area (Å²) < 4.78 is 16.1. The van der Waals surface area contributed by atoms with E-state index in [0.717, 1.165) is 43.6 Å². The zero-order valence-electron chi connectivity index (χ0n) is 14.4. The van der Waals surface area contributed by atoms with Gasteiger partial charge in [0.25, 0.3) is 0 Å². The molecule has 23 heavy (non-hydrogen) atoms. The Morgan fingerprint density at radius 1 is 1.04 bits per heavy atom. The third-order valence-electron chi connectivity index (χ3n) is 2.99. The van der Waals surface area contributed by atoms with Gasteiger partial charge in [0.05, 0.1) is 20.3 Å². The van der Waals surface area contributed by atoms with E-state index in [2.05, 4.69) is 15.6 Å². The van der Waals surface area contributed by atoms with E-state index in [4.69, 9.17) is 14.2 Å². The van der Waals surface area contributed by atoms with Gasteiger partial charge in [-0.1, -0.05) is 0 Å². The second kappa shape index (κ2) is 12.6. The minimum atomic E-state index is 0.633. The first-order valence-corrected chi connectivity index (χ1v) is 8.17. The third-order valence-corrected chi connectivity index (χ3v) is 2.99. The number of hydrogen-bond donors (Lipinski definition) is 2. The van der Waals surface area contributed by atoms with Gasteiger partial charge in [-0.05, 0) is 38.1 Å². The van der Waals surface area contributed by atoms with Crippen molar-refractivity contribution < 1.29 is 14.2 Å². The van der Waals surface area contributed by atoms with E-state index in [1.54, 1.807) is 7.11 Å². The Kier molecular flexibility index (Phi) is 10.4. The molecule has 0 fully saturated rings. The molecule has 0 radical (unpaired) electrons. The molecule has 0 aliphatic carbocycles. The van der Waals surface area contributed by atoms with Crippen molar-refractivity contribution in [2.45, 2.75) is 20.3 Å². The van der Waals surface area contributed by atoms with Crippen molar-refractivity contribution in [2.24, 2.45) is 4.99 Å². The number of nitrogens with zero attached hydrogens (tertiary/aromatic N) is 1. The van der Waals surface area contributed by atoms with Crippen LogP contribution in [0.5, 0.6) is 11.5 Å². The summed E-state index contributed by atoms with van der Waals surface area (Å²) in [6, 6.07) is 7.58. The maximum Gasteiger partial charge on any atom is 0.191 e. The summed E-state index contributed by atoms with van der Waals surface area (Å²) in [5.74, 6) is 2.49. The van der Waals surface area contributed by atoms with Gasteiger partial charge in [0.15, 0.2) is 5.96 Å². The van der Waals surface area contributed by atoms with E-state index < -0.39 is 0 Å². The largest absolute Gasteiger partial charge is 0.497 e. The molecule has 0 atom stereocenters. The molecule has 130 valence electrons. The number of benzene rings is 1. The van der Waals surface area contributed by atoms with E-state index in [1.807, 2.05) is 38.1 Å². The average Bonchev–Trinajstić information content (AvgIpc) is 2.58. The van der Waals surface area contributed by atoms with Gasteiger partial charge in [-0.3, -0.25) is 4.99 Å². The molecule has 0 saturated heterocycles. The molecule has 0 unspecified atom stereocenters. The van der Waals surface area contributed by atoms with Crippen LogP contribution in [0.25, 0.3) is 0 Å². The van der Waals surface area contributed by atoms with Crippen LogP contribution < -0.4 is 20.1 Å². The minimum Gasteiger partial charge on any atom is -0.497 e. The van der Waals surface area contributed by atoms with Crippen LogP contribution in [0.4, 0.5) is 0 Å². The highest BCUT2D eigenvalue weighted by atomic mass is 16.5. The van der Waals surface area contributed by atoms with Crippen molar-refractivity contribution in [3.05, 3.63) is 24.3 Å². The summed E-state index contributed by atoms with van der Waals surface area (Å²) in [5, 5.41) is 6.45. The normalized spacial score (nSPS) is 11.2. The van der Waals surface area contributed by atoms with Crippen LogP contribution in [-0.4, -0.2) is 52.5 Å². The third kappa shape index (κ3) is 8.93. The predicted molar refractivity (Wildman–Crippen MR) is 93.6 cm³/mol. The molecule has 0 bridgehead atoms. The fraction of sp³-hybridized carbons (Fsp3) is 0.588. The fourth-order valence-electron chi connectivity index (χ4n) is 1.85. The SMILES string of the molecule is CCNC(=NCCCOc1ccc(OC)cc1)NCCOCC. The zero-order chi connectivity index (χ0) is 16.8. The lowest BCUT2D eigenvalue weighted by Gasteiger charge is -2.11. The maximum atomic E-state index is 5.67. The lowest BCUT2D eigenvalue weighted by atomic mass is 10.3. The van der Waals surface area contributed by atoms with Crippen LogP contribution >= 0.6 is 0 Å². The van der Waals surface area contributed by atoms with Crippen LogP contribution in [0.3, 0.4) is 0 Å². The summed E-state index contributed by atoms with van der Waals surface area (Å²) in [5.41, 5.74) is 0. The highest BCUT2D eigenvalue weighted by Gasteiger charge is 1.97. The van der Waals surface area contributed by atoms with Gasteiger partial charge < -0.3 is 24.8 Å². The quantitative estimate of drug-likeness (QED) is 0.371. The van der Waals surface area contributed by atoms with Crippen molar-refractivity contribution in [2.75, 3.05) is 46.6 Å². The molecule has 0 saturated carbocycles. The molecular weight excluding hydrogens is 294 g/mol. The lowest BCUT2D eigenvalue weighted by Crippen LogP contribution is -2.39. The molecule has 0 aliphatic heterocycles. The Balaban J connectivity index is 2.22. The van der Waals surface area contributed by atoms with Crippen molar-refractivity contribution in [1.29, 1.82) is 0 Å². The zero-order valence-corrected chi connectivity index (χ0v) is 14.4. The van der Waals surface area contributed by atoms with Gasteiger partial charge in [0, 0.05) is 32.7 Å². The Morgan fingerprint density at radius 3 is 2.43 bits per heavy atom. The van der Waals surface area contributed by atoms with Gasteiger partial charge in [-0.2, -0.15) is 0 Å². The summed E-state index contributed by atoms with van der Waals surface area (Å²) >= 11 is 0. The number of rotatable bonds is 11. The highest BCUT2D eigenvalue weighted by Crippen LogP contribution is 2.16. The fourth-order valence-corrected chi connectivity index (χ4v) is 1.85. The van der Waals surface area contributed by atoms with E-state index >= 15 is 0 Å². The second-order valence-corrected chi connectivity index (χ2v) is 4.76. The molecule has 1 rings (SSSR count). The van der Waals surface area contributed by atoms with Crippen molar-refractivity contribution >= 4 is 5.96 Å². The summed E-state index contributed by atoms with van der Waals surface area (Å²) in [6.07, 6.45) is 0.855. The molecule has 0 amide bonds. The molecule has 0 aromatic heterocycles. The van der Waals surface area contributed by atoms with E-state index in [9.17, 15) is 0 Å². The molecule has 1 aromatic carbocycles. The number of methoxy groups -OCH3 is 1. The van der Waals surface area contributed by atoms with Crippen molar-refractivity contribution in [3.8, 4) is 11.5 Å². The van der Waals surface area contributed by atoms with Crippen LogP contribution in [0.15, 0.2) is 29.3 Å². The molecule has 0 aliphatic rings. The van der Waals surface area contributed by atoms with Crippen LogP contribution in [-0.2, 0) is 4.74 Å². The van der Waals surface area contributed by atoms with Gasteiger partial charge in [0.2, 0.25) is 0 Å². The molecule has 0 spiro atoms. The second-order valence-electron chi connectivity index (χ2n) is 4.76. The molecule has 6 nitrogen and oxygen atoms in total. The van der Waals surface area contributed by atoms with Gasteiger partial charge in [-0.25, -0.2) is 0 Å². The lowest BCUT2D eigenvalue weighted by molar-refractivity contribution is 0.152. The Morgan fingerprint density at radius 2 is 1.78 bits per heavy atom. The summed E-state index contributed by atoms with van der Waals surface area (Å²) in [4.78, 5) is 4.51. The average molecular weight is 323 g/mol. The van der Waals surface area contributed by atoms with E-state index in [-0.39, 0.29) is 0 Å². The van der Waals surface area contributed by atoms with Crippen molar-refractivity contribution in [3.63, 3.8) is 0 Å². The first-order valence-electron chi connectivity index (χ1n) is 8.17. The monoisotopic (exact) mass is 323 g/mol. The topological polar surface area (TPSA) is 64.1 Å². The molecule has 6 heteroatoms. The minimum absolute atomic E-state index is 0.633. The van der Waals surface area contributed by atoms with Gasteiger partial charge >= 0.3 is 0 Å².